The molecule has 0 aliphatic carbocycles. The van der Waals surface area contributed by atoms with Crippen LogP contribution in [0.1, 0.15) is 33.6 Å². The van der Waals surface area contributed by atoms with Gasteiger partial charge in [0.25, 0.3) is 0 Å². The lowest BCUT2D eigenvalue weighted by Crippen LogP contribution is -1.73. The highest BCUT2D eigenvalue weighted by molar-refractivity contribution is 7.22. The standard InChI is InChI=1S/C7H15P/c1-4-5-7(8)6(2)3/h4-5,8H2,1-3H3. The van der Waals surface area contributed by atoms with E-state index in [1.165, 1.54) is 23.7 Å². The highest BCUT2D eigenvalue weighted by Gasteiger charge is 1.87. The predicted molar refractivity (Wildman–Crippen MR) is 43.0 cm³/mol. The van der Waals surface area contributed by atoms with Crippen LogP contribution >= 0.6 is 9.24 Å². The molecule has 0 fully saturated rings. The van der Waals surface area contributed by atoms with Crippen LogP contribution in [0.4, 0.5) is 0 Å². The molecule has 0 aromatic rings. The summed E-state index contributed by atoms with van der Waals surface area (Å²) in [4.78, 5) is 0. The van der Waals surface area contributed by atoms with Crippen LogP contribution in [0.25, 0.3) is 0 Å². The minimum atomic E-state index is 1.23. The Balaban J connectivity index is 3.62. The summed E-state index contributed by atoms with van der Waals surface area (Å²) in [6.07, 6.45) is 2.48. The quantitative estimate of drug-likeness (QED) is 0.504. The lowest BCUT2D eigenvalue weighted by atomic mass is 10.2. The Kier molecular flexibility index (Phi) is 4.18. The molecule has 0 saturated carbocycles. The Labute approximate surface area is 54.6 Å². The fourth-order valence-electron chi connectivity index (χ4n) is 0.519. The Morgan fingerprint density at radius 2 is 1.88 bits per heavy atom. The first-order valence-electron chi connectivity index (χ1n) is 3.10. The van der Waals surface area contributed by atoms with Crippen LogP contribution in [-0.2, 0) is 0 Å². The van der Waals surface area contributed by atoms with Crippen molar-refractivity contribution in [2.24, 2.45) is 0 Å². The average molecular weight is 130 g/mol. The Hall–Kier alpha value is 0.170. The van der Waals surface area contributed by atoms with Crippen LogP contribution in [0, 0.1) is 0 Å². The van der Waals surface area contributed by atoms with Gasteiger partial charge in [-0.1, -0.05) is 24.2 Å². The summed E-state index contributed by atoms with van der Waals surface area (Å²) in [5, 5.41) is 1.47. The van der Waals surface area contributed by atoms with E-state index in [1.807, 2.05) is 0 Å². The molecule has 1 heteroatoms. The molecule has 0 nitrogen and oxygen atoms in total. The molecule has 0 aromatic heterocycles. The molecule has 1 unspecified atom stereocenters. The molecule has 0 spiro atoms. The van der Waals surface area contributed by atoms with E-state index in [2.05, 4.69) is 30.0 Å². The second kappa shape index (κ2) is 4.09. The van der Waals surface area contributed by atoms with Crippen molar-refractivity contribution in [3.05, 3.63) is 10.9 Å². The largest absolute Gasteiger partial charge is 0.110 e. The van der Waals surface area contributed by atoms with Crippen molar-refractivity contribution in [2.45, 2.75) is 33.6 Å². The molecule has 0 N–H and O–H groups in total. The van der Waals surface area contributed by atoms with Crippen molar-refractivity contribution in [3.63, 3.8) is 0 Å². The van der Waals surface area contributed by atoms with E-state index >= 15 is 0 Å². The van der Waals surface area contributed by atoms with E-state index in [0.717, 1.165) is 0 Å². The average Bonchev–Trinajstić information content (AvgIpc) is 1.67. The summed E-state index contributed by atoms with van der Waals surface area (Å²) in [6.45, 7) is 6.50. The summed E-state index contributed by atoms with van der Waals surface area (Å²) >= 11 is 0. The lowest BCUT2D eigenvalue weighted by molar-refractivity contribution is 0.936. The molecule has 1 atom stereocenters. The van der Waals surface area contributed by atoms with Crippen molar-refractivity contribution in [3.8, 4) is 0 Å². The van der Waals surface area contributed by atoms with Crippen molar-refractivity contribution in [2.75, 3.05) is 0 Å². The van der Waals surface area contributed by atoms with Crippen molar-refractivity contribution in [1.29, 1.82) is 0 Å². The Morgan fingerprint density at radius 1 is 1.38 bits per heavy atom. The van der Waals surface area contributed by atoms with Crippen LogP contribution in [0.3, 0.4) is 0 Å². The van der Waals surface area contributed by atoms with Crippen LogP contribution in [-0.4, -0.2) is 0 Å². The van der Waals surface area contributed by atoms with Gasteiger partial charge in [0.2, 0.25) is 0 Å². The molecule has 0 aliphatic heterocycles. The molecule has 0 rings (SSSR count). The van der Waals surface area contributed by atoms with E-state index in [0.29, 0.717) is 0 Å². The summed E-state index contributed by atoms with van der Waals surface area (Å²) < 4.78 is 0. The predicted octanol–water partition coefficient (Wildman–Crippen LogP) is 2.96. The molecule has 0 bridgehead atoms. The highest BCUT2D eigenvalue weighted by atomic mass is 31.0. The zero-order chi connectivity index (χ0) is 6.57. The SMILES string of the molecule is CCCC(P)=C(C)C. The fraction of sp³-hybridized carbons (Fsp3) is 0.714. The first-order valence-corrected chi connectivity index (χ1v) is 3.68. The zero-order valence-electron chi connectivity index (χ0n) is 5.99. The highest BCUT2D eigenvalue weighted by Crippen LogP contribution is 2.16. The van der Waals surface area contributed by atoms with Gasteiger partial charge in [-0.15, -0.1) is 9.24 Å². The van der Waals surface area contributed by atoms with Crippen molar-refractivity contribution in [1.82, 2.24) is 0 Å². The molecule has 0 aromatic carbocycles. The van der Waals surface area contributed by atoms with Gasteiger partial charge in [-0.25, -0.2) is 0 Å². The maximum atomic E-state index is 2.77. The third-order valence-corrected chi connectivity index (χ3v) is 2.03. The molecule has 48 valence electrons. The fourth-order valence-corrected chi connectivity index (χ4v) is 0.808. The van der Waals surface area contributed by atoms with Crippen molar-refractivity contribution >= 4 is 9.24 Å². The summed E-state index contributed by atoms with van der Waals surface area (Å²) in [7, 11) is 2.77. The molecule has 0 amide bonds. The van der Waals surface area contributed by atoms with Gasteiger partial charge in [-0.3, -0.25) is 0 Å². The molecule has 0 saturated heterocycles. The topological polar surface area (TPSA) is 0 Å². The number of hydrogen-bond donors (Lipinski definition) is 0. The van der Waals surface area contributed by atoms with E-state index in [4.69, 9.17) is 0 Å². The van der Waals surface area contributed by atoms with E-state index < -0.39 is 0 Å². The summed E-state index contributed by atoms with van der Waals surface area (Å²) in [5.74, 6) is 0. The van der Waals surface area contributed by atoms with Crippen LogP contribution in [0.15, 0.2) is 10.9 Å². The van der Waals surface area contributed by atoms with Crippen LogP contribution < -0.4 is 0 Å². The molecular weight excluding hydrogens is 115 g/mol. The second-order valence-electron chi connectivity index (χ2n) is 2.28. The van der Waals surface area contributed by atoms with Gasteiger partial charge in [-0.05, 0) is 20.3 Å². The Morgan fingerprint density at radius 3 is 2.00 bits per heavy atom. The zero-order valence-corrected chi connectivity index (χ0v) is 7.15. The van der Waals surface area contributed by atoms with Gasteiger partial charge in [-0.2, -0.15) is 0 Å². The Bertz CT molecular complexity index is 88.6. The smallest absolute Gasteiger partial charge is 0.0283 e. The van der Waals surface area contributed by atoms with Crippen molar-refractivity contribution < 1.29 is 0 Å². The maximum Gasteiger partial charge on any atom is -0.0283 e. The molecule has 0 heterocycles. The number of hydrogen-bond acceptors (Lipinski definition) is 0. The van der Waals surface area contributed by atoms with Gasteiger partial charge in [0.15, 0.2) is 0 Å². The normalized spacial score (nSPS) is 9.00. The van der Waals surface area contributed by atoms with Crippen LogP contribution in [0.2, 0.25) is 0 Å². The molecule has 0 aliphatic rings. The summed E-state index contributed by atoms with van der Waals surface area (Å²) in [6, 6.07) is 0. The van der Waals surface area contributed by atoms with Gasteiger partial charge in [0.05, 0.1) is 0 Å². The van der Waals surface area contributed by atoms with Crippen LogP contribution in [0.5, 0.6) is 0 Å². The second-order valence-corrected chi connectivity index (χ2v) is 2.97. The summed E-state index contributed by atoms with van der Waals surface area (Å²) in [5.41, 5.74) is 1.44. The first kappa shape index (κ1) is 8.17. The van der Waals surface area contributed by atoms with Gasteiger partial charge >= 0.3 is 0 Å². The van der Waals surface area contributed by atoms with Gasteiger partial charge in [0, 0.05) is 0 Å². The first-order chi connectivity index (χ1) is 3.68. The number of allylic oxidation sites excluding steroid dienone is 2. The molecule has 8 heavy (non-hydrogen) atoms. The van der Waals surface area contributed by atoms with E-state index in [-0.39, 0.29) is 0 Å². The minimum Gasteiger partial charge on any atom is -0.110 e. The third-order valence-electron chi connectivity index (χ3n) is 1.16. The number of rotatable bonds is 2. The molecular formula is C7H15P. The molecule has 0 radical (unpaired) electrons. The lowest BCUT2D eigenvalue weighted by Gasteiger charge is -1.98. The van der Waals surface area contributed by atoms with E-state index in [9.17, 15) is 0 Å². The maximum absolute atomic E-state index is 2.77. The van der Waals surface area contributed by atoms with Gasteiger partial charge < -0.3 is 0 Å². The third kappa shape index (κ3) is 3.21. The van der Waals surface area contributed by atoms with Gasteiger partial charge in [0.1, 0.15) is 0 Å². The monoisotopic (exact) mass is 130 g/mol. The minimum absolute atomic E-state index is 1.23. The van der Waals surface area contributed by atoms with E-state index in [1.54, 1.807) is 0 Å².